The fourth-order valence-corrected chi connectivity index (χ4v) is 4.47. The van der Waals surface area contributed by atoms with Crippen LogP contribution in [0.25, 0.3) is 16.7 Å². The van der Waals surface area contributed by atoms with E-state index in [0.29, 0.717) is 46.9 Å². The van der Waals surface area contributed by atoms with Crippen LogP contribution >= 0.6 is 0 Å². The number of rotatable bonds is 5. The van der Waals surface area contributed by atoms with Crippen molar-refractivity contribution in [2.75, 3.05) is 33.3 Å². The molecule has 5 rings (SSSR count). The first-order valence-electron chi connectivity index (χ1n) is 11.5. The summed E-state index contributed by atoms with van der Waals surface area (Å²) in [6.07, 6.45) is 4.65. The van der Waals surface area contributed by atoms with Crippen LogP contribution in [0.1, 0.15) is 26.5 Å². The van der Waals surface area contributed by atoms with Crippen LogP contribution in [0, 0.1) is 6.92 Å². The van der Waals surface area contributed by atoms with Crippen molar-refractivity contribution in [3.05, 3.63) is 66.0 Å². The molecule has 1 aromatic carbocycles. The van der Waals surface area contributed by atoms with Gasteiger partial charge >= 0.3 is 0 Å². The van der Waals surface area contributed by atoms with Gasteiger partial charge in [-0.05, 0) is 19.1 Å². The molecule has 1 aliphatic heterocycles. The minimum Gasteiger partial charge on any atom is -0.494 e. The van der Waals surface area contributed by atoms with Crippen LogP contribution in [0.5, 0.6) is 5.75 Å². The van der Waals surface area contributed by atoms with Crippen molar-refractivity contribution in [1.29, 1.82) is 0 Å². The monoisotopic (exact) mass is 487 g/mol. The number of aryl methyl sites for hydroxylation is 2. The Morgan fingerprint density at radius 1 is 0.972 bits per heavy atom. The molecule has 0 bridgehead atoms. The third-order valence-corrected chi connectivity index (χ3v) is 6.30. The Morgan fingerprint density at radius 2 is 1.67 bits per heavy atom. The maximum atomic E-state index is 13.4. The van der Waals surface area contributed by atoms with Crippen molar-refractivity contribution < 1.29 is 19.1 Å². The van der Waals surface area contributed by atoms with E-state index in [-0.39, 0.29) is 24.6 Å². The molecule has 0 radical (unpaired) electrons. The van der Waals surface area contributed by atoms with Crippen molar-refractivity contribution in [1.82, 2.24) is 34.1 Å². The second-order valence-electron chi connectivity index (χ2n) is 8.54. The summed E-state index contributed by atoms with van der Waals surface area (Å²) in [5, 5.41) is 4.81. The topological polar surface area (TPSA) is 115 Å². The van der Waals surface area contributed by atoms with Crippen LogP contribution < -0.4 is 4.74 Å². The van der Waals surface area contributed by atoms with E-state index in [1.807, 2.05) is 18.2 Å². The molecule has 11 heteroatoms. The van der Waals surface area contributed by atoms with E-state index in [2.05, 4.69) is 15.1 Å². The zero-order valence-corrected chi connectivity index (χ0v) is 20.2. The lowest BCUT2D eigenvalue weighted by atomic mass is 10.1. The predicted octanol–water partition coefficient (Wildman–Crippen LogP) is 1.64. The first-order chi connectivity index (χ1) is 17.4. The SMILES string of the molecule is COc1cnc(-n2cnc(C)n2)c2c1c(C(=O)C(=O)N1CCN(C(=O)c3ccccc3)CC1)cn2C. The number of hydrogen-bond acceptors (Lipinski definition) is 7. The van der Waals surface area contributed by atoms with Crippen LogP contribution in [-0.2, 0) is 11.8 Å². The minimum absolute atomic E-state index is 0.0869. The van der Waals surface area contributed by atoms with Crippen LogP contribution in [0.4, 0.5) is 0 Å². The van der Waals surface area contributed by atoms with E-state index in [1.54, 1.807) is 48.1 Å². The van der Waals surface area contributed by atoms with Gasteiger partial charge in [0.15, 0.2) is 5.82 Å². The molecule has 0 unspecified atom stereocenters. The highest BCUT2D eigenvalue weighted by Crippen LogP contribution is 2.33. The van der Waals surface area contributed by atoms with Gasteiger partial charge in [-0.2, -0.15) is 5.10 Å². The number of amides is 2. The number of carbonyl (C=O) groups is 3. The summed E-state index contributed by atoms with van der Waals surface area (Å²) in [5.74, 6) is 0.0663. The molecule has 4 heterocycles. The van der Waals surface area contributed by atoms with Gasteiger partial charge in [-0.25, -0.2) is 14.6 Å². The second kappa shape index (κ2) is 9.25. The number of aromatic nitrogens is 5. The number of nitrogens with zero attached hydrogens (tertiary/aromatic N) is 7. The molecule has 0 atom stereocenters. The number of ketones is 1. The molecule has 11 nitrogen and oxygen atoms in total. The number of fused-ring (bicyclic) bond motifs is 1. The largest absolute Gasteiger partial charge is 0.494 e. The first kappa shape index (κ1) is 23.2. The van der Waals surface area contributed by atoms with E-state index < -0.39 is 11.7 Å². The molecule has 36 heavy (non-hydrogen) atoms. The van der Waals surface area contributed by atoms with Gasteiger partial charge < -0.3 is 19.1 Å². The summed E-state index contributed by atoms with van der Waals surface area (Å²) >= 11 is 0. The average molecular weight is 488 g/mol. The van der Waals surface area contributed by atoms with Gasteiger partial charge in [-0.1, -0.05) is 18.2 Å². The van der Waals surface area contributed by atoms with Crippen LogP contribution in [-0.4, -0.2) is 85.0 Å². The normalized spacial score (nSPS) is 13.8. The maximum absolute atomic E-state index is 13.4. The Balaban J connectivity index is 1.40. The van der Waals surface area contributed by atoms with Gasteiger partial charge in [-0.15, -0.1) is 0 Å². The second-order valence-corrected chi connectivity index (χ2v) is 8.54. The fraction of sp³-hybridized carbons (Fsp3) is 0.280. The van der Waals surface area contributed by atoms with E-state index >= 15 is 0 Å². The smallest absolute Gasteiger partial charge is 0.295 e. The van der Waals surface area contributed by atoms with Gasteiger partial charge in [-0.3, -0.25) is 14.4 Å². The number of benzene rings is 1. The number of carbonyl (C=O) groups excluding carboxylic acids is 3. The molecule has 0 aliphatic carbocycles. The zero-order chi connectivity index (χ0) is 25.4. The highest BCUT2D eigenvalue weighted by atomic mass is 16.5. The molecule has 1 saturated heterocycles. The van der Waals surface area contributed by atoms with E-state index in [9.17, 15) is 14.4 Å². The molecule has 3 aromatic heterocycles. The van der Waals surface area contributed by atoms with Crippen molar-refractivity contribution in [2.45, 2.75) is 6.92 Å². The lowest BCUT2D eigenvalue weighted by Crippen LogP contribution is -2.52. The van der Waals surface area contributed by atoms with Crippen molar-refractivity contribution in [3.63, 3.8) is 0 Å². The summed E-state index contributed by atoms with van der Waals surface area (Å²) in [6.45, 7) is 3.02. The van der Waals surface area contributed by atoms with Gasteiger partial charge in [0.05, 0.1) is 29.8 Å². The van der Waals surface area contributed by atoms with Crippen molar-refractivity contribution >= 4 is 28.5 Å². The number of methoxy groups -OCH3 is 1. The molecule has 2 amide bonds. The molecular formula is C25H25N7O4. The number of piperazine rings is 1. The zero-order valence-electron chi connectivity index (χ0n) is 20.2. The van der Waals surface area contributed by atoms with Crippen LogP contribution in [0.3, 0.4) is 0 Å². The minimum atomic E-state index is -0.645. The standard InChI is InChI=1S/C25H25N7O4/c1-16-27-15-32(28-16)23-21-20(19(36-3)13-26-23)18(14-29(21)2)22(33)25(35)31-11-9-30(10-12-31)24(34)17-7-5-4-6-8-17/h4-8,13-15H,9-12H2,1-3H3. The Labute approximate surface area is 206 Å². The van der Waals surface area contributed by atoms with E-state index in [0.717, 1.165) is 0 Å². The predicted molar refractivity (Wildman–Crippen MR) is 130 cm³/mol. The first-order valence-corrected chi connectivity index (χ1v) is 11.5. The van der Waals surface area contributed by atoms with Gasteiger partial charge in [0.25, 0.3) is 17.6 Å². The molecule has 0 saturated carbocycles. The van der Waals surface area contributed by atoms with Gasteiger partial charge in [0.1, 0.15) is 17.9 Å². The van der Waals surface area contributed by atoms with Gasteiger partial charge in [0.2, 0.25) is 0 Å². The molecule has 1 aliphatic rings. The summed E-state index contributed by atoms with van der Waals surface area (Å²) in [7, 11) is 3.26. The summed E-state index contributed by atoms with van der Waals surface area (Å²) in [5.41, 5.74) is 1.41. The summed E-state index contributed by atoms with van der Waals surface area (Å²) in [6, 6.07) is 9.01. The molecule has 4 aromatic rings. The molecule has 0 N–H and O–H groups in total. The van der Waals surface area contributed by atoms with Crippen molar-refractivity contribution in [2.24, 2.45) is 7.05 Å². The maximum Gasteiger partial charge on any atom is 0.295 e. The number of Topliss-reactive ketones (excluding diaryl/α,β-unsaturated/α-hetero) is 1. The van der Waals surface area contributed by atoms with Crippen molar-refractivity contribution in [3.8, 4) is 11.6 Å². The van der Waals surface area contributed by atoms with E-state index in [1.165, 1.54) is 22.9 Å². The van der Waals surface area contributed by atoms with Crippen LogP contribution in [0.15, 0.2) is 49.1 Å². The van der Waals surface area contributed by atoms with Gasteiger partial charge in [0, 0.05) is 45.0 Å². The molecule has 1 fully saturated rings. The average Bonchev–Trinajstić information content (AvgIpc) is 3.51. The third-order valence-electron chi connectivity index (χ3n) is 6.30. The highest BCUT2D eigenvalue weighted by Gasteiger charge is 2.32. The number of hydrogen-bond donors (Lipinski definition) is 0. The van der Waals surface area contributed by atoms with E-state index in [4.69, 9.17) is 4.74 Å². The Morgan fingerprint density at radius 3 is 2.31 bits per heavy atom. The number of pyridine rings is 1. The summed E-state index contributed by atoms with van der Waals surface area (Å²) < 4.78 is 8.75. The summed E-state index contributed by atoms with van der Waals surface area (Å²) in [4.78, 5) is 51.2. The lowest BCUT2D eigenvalue weighted by Gasteiger charge is -2.34. The quantitative estimate of drug-likeness (QED) is 0.310. The van der Waals surface area contributed by atoms with Crippen LogP contribution in [0.2, 0.25) is 0 Å². The molecular weight excluding hydrogens is 462 g/mol. The lowest BCUT2D eigenvalue weighted by molar-refractivity contribution is -0.127. The Hall–Kier alpha value is -4.54. The molecule has 184 valence electrons. The highest BCUT2D eigenvalue weighted by molar-refractivity contribution is 6.45. The number of ether oxygens (including phenoxy) is 1. The Kier molecular flexibility index (Phi) is 5.96. The third kappa shape index (κ3) is 3.98. The molecule has 0 spiro atoms. The Bertz CT molecular complexity index is 1470. The fourth-order valence-electron chi connectivity index (χ4n) is 4.47.